The molecule has 2 fully saturated rings. The Hall–Kier alpha value is -0.650. The van der Waals surface area contributed by atoms with Crippen LogP contribution in [0.3, 0.4) is 0 Å². The maximum absolute atomic E-state index is 11.8. The standard InChI is InChI=1S/C16H30N2O3/c1-3-17-16(15(19)20)8-4-6-14(16)7-10-18-9-5-11-21-13(2)12-18/h13-14,17H,3-12H2,1-2H3,(H,19,20). The highest BCUT2D eigenvalue weighted by molar-refractivity contribution is 5.79. The van der Waals surface area contributed by atoms with Gasteiger partial charge in [0.2, 0.25) is 0 Å². The number of ether oxygens (including phenoxy) is 1. The van der Waals surface area contributed by atoms with Crippen LogP contribution in [0.5, 0.6) is 0 Å². The summed E-state index contributed by atoms with van der Waals surface area (Å²) in [5.74, 6) is -0.422. The molecule has 2 rings (SSSR count). The maximum atomic E-state index is 11.8. The number of aliphatic carboxylic acids is 1. The minimum Gasteiger partial charge on any atom is -0.480 e. The SMILES string of the molecule is CCNC1(C(=O)O)CCCC1CCN1CCCOC(C)C1. The van der Waals surface area contributed by atoms with Gasteiger partial charge in [-0.1, -0.05) is 13.3 Å². The fourth-order valence-corrected chi connectivity index (χ4v) is 4.00. The molecule has 2 aliphatic rings. The van der Waals surface area contributed by atoms with Crippen molar-refractivity contribution in [3.8, 4) is 0 Å². The normalized spacial score (nSPS) is 34.8. The largest absolute Gasteiger partial charge is 0.480 e. The Labute approximate surface area is 128 Å². The average molecular weight is 298 g/mol. The second-order valence-electron chi connectivity index (χ2n) is 6.52. The van der Waals surface area contributed by atoms with E-state index in [1.165, 1.54) is 0 Å². The van der Waals surface area contributed by atoms with Crippen LogP contribution in [0.4, 0.5) is 0 Å². The van der Waals surface area contributed by atoms with Crippen LogP contribution >= 0.6 is 0 Å². The van der Waals surface area contributed by atoms with Gasteiger partial charge in [-0.3, -0.25) is 4.79 Å². The lowest BCUT2D eigenvalue weighted by Gasteiger charge is -2.33. The zero-order valence-electron chi connectivity index (χ0n) is 13.4. The van der Waals surface area contributed by atoms with Crippen LogP contribution in [0.25, 0.3) is 0 Å². The fourth-order valence-electron chi connectivity index (χ4n) is 4.00. The van der Waals surface area contributed by atoms with Crippen molar-refractivity contribution in [3.05, 3.63) is 0 Å². The first-order valence-electron chi connectivity index (χ1n) is 8.41. The molecule has 0 aromatic rings. The van der Waals surface area contributed by atoms with E-state index in [4.69, 9.17) is 4.74 Å². The molecular formula is C16H30N2O3. The molecule has 3 atom stereocenters. The predicted octanol–water partition coefficient (Wildman–Crippen LogP) is 1.72. The van der Waals surface area contributed by atoms with Crippen molar-refractivity contribution in [1.29, 1.82) is 0 Å². The molecule has 1 aliphatic heterocycles. The Bertz CT molecular complexity index is 350. The molecule has 2 N–H and O–H groups in total. The second-order valence-corrected chi connectivity index (χ2v) is 6.52. The number of hydrogen-bond acceptors (Lipinski definition) is 4. The molecule has 1 heterocycles. The van der Waals surface area contributed by atoms with Gasteiger partial charge in [-0.05, 0) is 51.6 Å². The minimum atomic E-state index is -0.692. The molecule has 1 saturated heterocycles. The molecule has 3 unspecified atom stereocenters. The summed E-state index contributed by atoms with van der Waals surface area (Å²) in [6.45, 7) is 8.70. The van der Waals surface area contributed by atoms with E-state index in [1.807, 2.05) is 6.92 Å². The summed E-state index contributed by atoms with van der Waals surface area (Å²) in [6.07, 6.45) is 5.13. The molecule has 5 nitrogen and oxygen atoms in total. The number of nitrogens with zero attached hydrogens (tertiary/aromatic N) is 1. The van der Waals surface area contributed by atoms with Crippen molar-refractivity contribution >= 4 is 5.97 Å². The van der Waals surface area contributed by atoms with E-state index in [-0.39, 0.29) is 12.0 Å². The molecule has 0 spiro atoms. The van der Waals surface area contributed by atoms with Crippen molar-refractivity contribution in [2.45, 2.75) is 57.6 Å². The van der Waals surface area contributed by atoms with Gasteiger partial charge in [0.1, 0.15) is 5.54 Å². The first-order valence-corrected chi connectivity index (χ1v) is 8.41. The molecule has 122 valence electrons. The van der Waals surface area contributed by atoms with Crippen molar-refractivity contribution < 1.29 is 14.6 Å². The first kappa shape index (κ1) is 16.7. The Morgan fingerprint density at radius 1 is 1.48 bits per heavy atom. The van der Waals surface area contributed by atoms with Crippen molar-refractivity contribution in [2.24, 2.45) is 5.92 Å². The Kier molecular flexibility index (Phi) is 6.02. The maximum Gasteiger partial charge on any atom is 0.324 e. The highest BCUT2D eigenvalue weighted by atomic mass is 16.5. The van der Waals surface area contributed by atoms with Crippen LogP contribution in [0, 0.1) is 5.92 Å². The molecule has 0 amide bonds. The zero-order valence-corrected chi connectivity index (χ0v) is 13.4. The minimum absolute atomic E-state index is 0.245. The van der Waals surface area contributed by atoms with E-state index in [0.717, 1.165) is 64.9 Å². The van der Waals surface area contributed by atoms with Gasteiger partial charge in [0.15, 0.2) is 0 Å². The molecule has 1 aliphatic carbocycles. The van der Waals surface area contributed by atoms with Crippen LogP contribution in [0.1, 0.15) is 46.0 Å². The van der Waals surface area contributed by atoms with E-state index in [9.17, 15) is 9.90 Å². The summed E-state index contributed by atoms with van der Waals surface area (Å²) in [5, 5.41) is 13.0. The van der Waals surface area contributed by atoms with Crippen LogP contribution < -0.4 is 5.32 Å². The summed E-state index contributed by atoms with van der Waals surface area (Å²) in [4.78, 5) is 14.2. The van der Waals surface area contributed by atoms with Gasteiger partial charge in [0.25, 0.3) is 0 Å². The monoisotopic (exact) mass is 298 g/mol. The van der Waals surface area contributed by atoms with Crippen LogP contribution in [0.15, 0.2) is 0 Å². The summed E-state index contributed by atoms with van der Waals surface area (Å²) in [7, 11) is 0. The number of nitrogens with one attached hydrogen (secondary N) is 1. The predicted molar refractivity (Wildman–Crippen MR) is 82.5 cm³/mol. The molecule has 21 heavy (non-hydrogen) atoms. The van der Waals surface area contributed by atoms with Gasteiger partial charge >= 0.3 is 5.97 Å². The van der Waals surface area contributed by atoms with Gasteiger partial charge in [0.05, 0.1) is 6.10 Å². The molecule has 5 heteroatoms. The highest BCUT2D eigenvalue weighted by Gasteiger charge is 2.48. The van der Waals surface area contributed by atoms with E-state index >= 15 is 0 Å². The summed E-state index contributed by atoms with van der Waals surface area (Å²) < 4.78 is 5.67. The van der Waals surface area contributed by atoms with Gasteiger partial charge in [-0.2, -0.15) is 0 Å². The topological polar surface area (TPSA) is 61.8 Å². The fraction of sp³-hybridized carbons (Fsp3) is 0.938. The van der Waals surface area contributed by atoms with Gasteiger partial charge in [0, 0.05) is 19.7 Å². The Morgan fingerprint density at radius 2 is 2.29 bits per heavy atom. The molecular weight excluding hydrogens is 268 g/mol. The lowest BCUT2D eigenvalue weighted by atomic mass is 9.84. The molecule has 1 saturated carbocycles. The number of carboxylic acid groups (broad SMARTS) is 1. The van der Waals surface area contributed by atoms with Crippen LogP contribution in [-0.4, -0.2) is 60.4 Å². The third kappa shape index (κ3) is 3.96. The molecule has 0 aromatic heterocycles. The van der Waals surface area contributed by atoms with Crippen LogP contribution in [0.2, 0.25) is 0 Å². The van der Waals surface area contributed by atoms with E-state index in [2.05, 4.69) is 17.1 Å². The average Bonchev–Trinajstić information content (AvgIpc) is 2.73. The van der Waals surface area contributed by atoms with Crippen molar-refractivity contribution in [3.63, 3.8) is 0 Å². The van der Waals surface area contributed by atoms with E-state index in [1.54, 1.807) is 0 Å². The third-order valence-corrected chi connectivity index (χ3v) is 5.02. The van der Waals surface area contributed by atoms with Gasteiger partial charge in [-0.25, -0.2) is 0 Å². The third-order valence-electron chi connectivity index (χ3n) is 5.02. The summed E-state index contributed by atoms with van der Waals surface area (Å²) in [5.41, 5.74) is -0.692. The molecule has 0 radical (unpaired) electrons. The number of carbonyl (C=O) groups is 1. The lowest BCUT2D eigenvalue weighted by molar-refractivity contribution is -0.146. The summed E-state index contributed by atoms with van der Waals surface area (Å²) >= 11 is 0. The molecule has 0 bridgehead atoms. The second kappa shape index (κ2) is 7.56. The van der Waals surface area contributed by atoms with Crippen molar-refractivity contribution in [2.75, 3.05) is 32.8 Å². The smallest absolute Gasteiger partial charge is 0.324 e. The number of carboxylic acids is 1. The number of hydrogen-bond donors (Lipinski definition) is 2. The lowest BCUT2D eigenvalue weighted by Crippen LogP contribution is -2.55. The Morgan fingerprint density at radius 3 is 3.00 bits per heavy atom. The van der Waals surface area contributed by atoms with E-state index in [0.29, 0.717) is 0 Å². The quantitative estimate of drug-likeness (QED) is 0.782. The first-order chi connectivity index (χ1) is 10.1. The van der Waals surface area contributed by atoms with E-state index < -0.39 is 11.5 Å². The molecule has 0 aromatic carbocycles. The van der Waals surface area contributed by atoms with Gasteiger partial charge in [-0.15, -0.1) is 0 Å². The van der Waals surface area contributed by atoms with Gasteiger partial charge < -0.3 is 20.1 Å². The highest BCUT2D eigenvalue weighted by Crippen LogP contribution is 2.38. The zero-order chi connectivity index (χ0) is 15.3. The number of rotatable bonds is 6. The number of likely N-dealkylation sites (N-methyl/N-ethyl adjacent to an activating group) is 1. The summed E-state index contributed by atoms with van der Waals surface area (Å²) in [6, 6.07) is 0. The van der Waals surface area contributed by atoms with Crippen LogP contribution in [-0.2, 0) is 9.53 Å². The Balaban J connectivity index is 1.92. The van der Waals surface area contributed by atoms with Crippen molar-refractivity contribution in [1.82, 2.24) is 10.2 Å².